The van der Waals surface area contributed by atoms with Gasteiger partial charge in [0.2, 0.25) is 0 Å². The van der Waals surface area contributed by atoms with Gasteiger partial charge in [0.25, 0.3) is 0 Å². The van der Waals surface area contributed by atoms with E-state index < -0.39 is 0 Å². The van der Waals surface area contributed by atoms with Crippen LogP contribution in [0.4, 0.5) is 17.1 Å². The van der Waals surface area contributed by atoms with E-state index in [1.54, 1.807) is 0 Å². The van der Waals surface area contributed by atoms with Crippen LogP contribution in [-0.2, 0) is 0 Å². The van der Waals surface area contributed by atoms with E-state index in [-0.39, 0.29) is 0 Å². The van der Waals surface area contributed by atoms with Gasteiger partial charge in [-0.15, -0.1) is 22.7 Å². The van der Waals surface area contributed by atoms with Crippen molar-refractivity contribution in [2.75, 3.05) is 4.90 Å². The Morgan fingerprint density at radius 2 is 0.754 bits per heavy atom. The lowest BCUT2D eigenvalue weighted by atomic mass is 9.97. The Balaban J connectivity index is 0.979. The molecule has 61 heavy (non-hydrogen) atoms. The Kier molecular flexibility index (Phi) is 8.62. The summed E-state index contributed by atoms with van der Waals surface area (Å²) in [5, 5.41) is 7.73. The van der Waals surface area contributed by atoms with Crippen LogP contribution in [0.3, 0.4) is 0 Å². The van der Waals surface area contributed by atoms with Crippen molar-refractivity contribution in [3.63, 3.8) is 0 Å². The van der Waals surface area contributed by atoms with Crippen molar-refractivity contribution in [3.05, 3.63) is 224 Å². The highest BCUT2D eigenvalue weighted by molar-refractivity contribution is 7.26. The van der Waals surface area contributed by atoms with Crippen LogP contribution in [0.5, 0.6) is 0 Å². The van der Waals surface area contributed by atoms with Crippen molar-refractivity contribution in [2.45, 2.75) is 0 Å². The first kappa shape index (κ1) is 35.6. The summed E-state index contributed by atoms with van der Waals surface area (Å²) in [7, 11) is 0. The molecule has 1 nitrogen and oxygen atoms in total. The maximum Gasteiger partial charge on any atom is 0.0718 e. The van der Waals surface area contributed by atoms with Gasteiger partial charge in [-0.25, -0.2) is 0 Å². The van der Waals surface area contributed by atoms with Gasteiger partial charge in [0.1, 0.15) is 0 Å². The lowest BCUT2D eigenvalue weighted by molar-refractivity contribution is 1.30. The fraction of sp³-hybridized carbons (Fsp3) is 0. The molecule has 0 aliphatic heterocycles. The molecular weight excluding hydrogens is 775 g/mol. The van der Waals surface area contributed by atoms with Gasteiger partial charge in [-0.3, -0.25) is 0 Å². The minimum atomic E-state index is 1.11. The molecule has 0 saturated carbocycles. The Morgan fingerprint density at radius 3 is 1.44 bits per heavy atom. The standard InChI is InChI=1S/C58H37NS2/c1-2-11-43(12-3-1)49-34-35-53-51-15-7-9-17-55(51)61-58(53)57(49)59(48-31-26-42(27-32-48)46-28-33-52-50-14-6-8-16-54(50)60-56(52)37-46)47-29-24-40(25-30-47)39-18-20-41(21-19-39)45-23-22-38-10-4-5-13-44(38)36-45/h1-37H. The van der Waals surface area contributed by atoms with E-state index >= 15 is 0 Å². The molecule has 2 heterocycles. The number of anilines is 3. The topological polar surface area (TPSA) is 3.24 Å². The maximum absolute atomic E-state index is 2.48. The van der Waals surface area contributed by atoms with E-state index in [1.807, 2.05) is 22.7 Å². The van der Waals surface area contributed by atoms with E-state index in [0.29, 0.717) is 0 Å². The van der Waals surface area contributed by atoms with Crippen molar-refractivity contribution in [3.8, 4) is 44.5 Å². The minimum Gasteiger partial charge on any atom is -0.308 e. The molecule has 0 radical (unpaired) electrons. The van der Waals surface area contributed by atoms with Gasteiger partial charge in [-0.05, 0) is 98.2 Å². The molecule has 0 bridgehead atoms. The molecule has 0 spiro atoms. The van der Waals surface area contributed by atoms with Gasteiger partial charge in [0, 0.05) is 52.6 Å². The molecular formula is C58H37NS2. The van der Waals surface area contributed by atoms with Crippen molar-refractivity contribution >= 4 is 90.9 Å². The van der Waals surface area contributed by atoms with Crippen LogP contribution < -0.4 is 4.90 Å². The summed E-state index contributed by atoms with van der Waals surface area (Å²) in [6.45, 7) is 0. The third-order valence-corrected chi connectivity index (χ3v) is 14.4. The van der Waals surface area contributed by atoms with Gasteiger partial charge in [-0.2, -0.15) is 0 Å². The average molecular weight is 812 g/mol. The van der Waals surface area contributed by atoms with Crippen LogP contribution in [0.15, 0.2) is 224 Å². The Bertz CT molecular complexity index is 3560. The number of nitrogens with zero attached hydrogens (tertiary/aromatic N) is 1. The first-order valence-corrected chi connectivity index (χ1v) is 22.4. The van der Waals surface area contributed by atoms with Crippen LogP contribution in [0, 0.1) is 0 Å². The van der Waals surface area contributed by atoms with Gasteiger partial charge in [0.15, 0.2) is 0 Å². The average Bonchev–Trinajstić information content (AvgIpc) is 3.91. The number of thiophene rings is 2. The zero-order chi connectivity index (χ0) is 40.3. The highest BCUT2D eigenvalue weighted by atomic mass is 32.1. The Labute approximate surface area is 362 Å². The molecule has 0 N–H and O–H groups in total. The monoisotopic (exact) mass is 811 g/mol. The van der Waals surface area contributed by atoms with E-state index in [1.165, 1.54) is 101 Å². The summed E-state index contributed by atoms with van der Waals surface area (Å²) < 4.78 is 5.21. The first-order valence-electron chi connectivity index (χ1n) is 20.7. The smallest absolute Gasteiger partial charge is 0.0718 e. The maximum atomic E-state index is 2.48. The number of fused-ring (bicyclic) bond motifs is 7. The fourth-order valence-corrected chi connectivity index (χ4v) is 11.4. The van der Waals surface area contributed by atoms with Crippen molar-refractivity contribution in [1.29, 1.82) is 0 Å². The summed E-state index contributed by atoms with van der Waals surface area (Å²) >= 11 is 3.74. The van der Waals surface area contributed by atoms with E-state index in [9.17, 15) is 0 Å². The first-order chi connectivity index (χ1) is 30.2. The van der Waals surface area contributed by atoms with E-state index in [2.05, 4.69) is 229 Å². The molecule has 10 aromatic carbocycles. The zero-order valence-electron chi connectivity index (χ0n) is 33.1. The summed E-state index contributed by atoms with van der Waals surface area (Å²) in [6.07, 6.45) is 0. The fourth-order valence-electron chi connectivity index (χ4n) is 8.99. The van der Waals surface area contributed by atoms with Gasteiger partial charge < -0.3 is 4.90 Å². The molecule has 2 aromatic heterocycles. The van der Waals surface area contributed by atoms with Gasteiger partial charge >= 0.3 is 0 Å². The summed E-state index contributed by atoms with van der Waals surface area (Å²) in [5.41, 5.74) is 13.1. The second-order valence-electron chi connectivity index (χ2n) is 15.7. The molecule has 12 aromatic rings. The number of benzene rings is 10. The third-order valence-electron chi connectivity index (χ3n) is 12.1. The third kappa shape index (κ3) is 6.29. The zero-order valence-corrected chi connectivity index (χ0v) is 34.8. The highest BCUT2D eigenvalue weighted by Crippen LogP contribution is 2.50. The van der Waals surface area contributed by atoms with Crippen LogP contribution in [0.2, 0.25) is 0 Å². The van der Waals surface area contributed by atoms with Crippen LogP contribution in [0.25, 0.3) is 95.6 Å². The molecule has 12 rings (SSSR count). The number of rotatable bonds is 7. The second kappa shape index (κ2) is 14.8. The second-order valence-corrected chi connectivity index (χ2v) is 17.8. The molecule has 286 valence electrons. The normalized spacial score (nSPS) is 11.6. The SMILES string of the molecule is c1ccc(-c2ccc3c(sc4ccccc43)c2N(c2ccc(-c3ccc(-c4ccc5ccccc5c4)cc3)cc2)c2ccc(-c3ccc4c(c3)sc3ccccc34)cc2)cc1. The minimum absolute atomic E-state index is 1.11. The van der Waals surface area contributed by atoms with Gasteiger partial charge in [0.05, 0.1) is 10.4 Å². The number of hydrogen-bond acceptors (Lipinski definition) is 3. The Morgan fingerprint density at radius 1 is 0.279 bits per heavy atom. The van der Waals surface area contributed by atoms with Crippen molar-refractivity contribution < 1.29 is 0 Å². The highest BCUT2D eigenvalue weighted by Gasteiger charge is 2.23. The summed E-state index contributed by atoms with van der Waals surface area (Å²) in [5.74, 6) is 0. The molecule has 0 saturated heterocycles. The van der Waals surface area contributed by atoms with E-state index in [4.69, 9.17) is 0 Å². The molecule has 0 amide bonds. The van der Waals surface area contributed by atoms with E-state index in [0.717, 1.165) is 11.4 Å². The van der Waals surface area contributed by atoms with Gasteiger partial charge in [-0.1, -0.05) is 176 Å². The Hall–Kier alpha value is -7.30. The molecule has 3 heteroatoms. The molecule has 0 atom stereocenters. The summed E-state index contributed by atoms with van der Waals surface area (Å²) in [6, 6.07) is 82.4. The molecule has 0 unspecified atom stereocenters. The van der Waals surface area contributed by atoms with Crippen LogP contribution >= 0.6 is 22.7 Å². The largest absolute Gasteiger partial charge is 0.308 e. The van der Waals surface area contributed by atoms with Crippen molar-refractivity contribution in [2.24, 2.45) is 0 Å². The van der Waals surface area contributed by atoms with Crippen molar-refractivity contribution in [1.82, 2.24) is 0 Å². The molecule has 0 aliphatic rings. The lowest BCUT2D eigenvalue weighted by Gasteiger charge is -2.29. The lowest BCUT2D eigenvalue weighted by Crippen LogP contribution is -2.11. The predicted molar refractivity (Wildman–Crippen MR) is 266 cm³/mol. The summed E-state index contributed by atoms with van der Waals surface area (Å²) in [4.78, 5) is 2.48. The number of hydrogen-bond donors (Lipinski definition) is 0. The van der Waals surface area contributed by atoms with Crippen LogP contribution in [-0.4, -0.2) is 0 Å². The quantitative estimate of drug-likeness (QED) is 0.155. The molecule has 0 fully saturated rings. The molecule has 0 aliphatic carbocycles. The van der Waals surface area contributed by atoms with Crippen LogP contribution in [0.1, 0.15) is 0 Å². The predicted octanol–water partition coefficient (Wildman–Crippen LogP) is 17.7.